The number of rotatable bonds is 3. The van der Waals surface area contributed by atoms with Crippen molar-refractivity contribution < 1.29 is 14.3 Å². The summed E-state index contributed by atoms with van der Waals surface area (Å²) >= 11 is 0. The van der Waals surface area contributed by atoms with Gasteiger partial charge in [-0.15, -0.1) is 0 Å². The highest BCUT2D eigenvalue weighted by Crippen LogP contribution is 2.14. The lowest BCUT2D eigenvalue weighted by molar-refractivity contribution is 0.0697. The Kier molecular flexibility index (Phi) is 3.58. The van der Waals surface area contributed by atoms with Crippen LogP contribution in [0.1, 0.15) is 21.7 Å². The Morgan fingerprint density at radius 3 is 2.64 bits per heavy atom. The fraction of sp³-hybridized carbons (Fsp3) is 0. The van der Waals surface area contributed by atoms with Crippen molar-refractivity contribution in [3.8, 4) is 0 Å². The third kappa shape index (κ3) is 2.81. The van der Waals surface area contributed by atoms with Crippen molar-refractivity contribution in [2.75, 3.05) is 0 Å². The van der Waals surface area contributed by atoms with E-state index >= 15 is 0 Å². The minimum atomic E-state index is -0.966. The largest absolute Gasteiger partial charge is 0.478 e. The average molecular weight is 291 g/mol. The predicted octanol–water partition coefficient (Wildman–Crippen LogP) is 3.46. The Hall–Kier alpha value is -3.14. The van der Waals surface area contributed by atoms with Crippen molar-refractivity contribution in [3.63, 3.8) is 0 Å². The maximum absolute atomic E-state index is 12.0. The summed E-state index contributed by atoms with van der Waals surface area (Å²) in [7, 11) is 0. The summed E-state index contributed by atoms with van der Waals surface area (Å²) < 4.78 is 5.59. The molecule has 107 valence electrons. The Balaban J connectivity index is 1.92. The quantitative estimate of drug-likeness (QED) is 0.802. The van der Waals surface area contributed by atoms with E-state index in [-0.39, 0.29) is 11.0 Å². The van der Waals surface area contributed by atoms with Gasteiger partial charge in [0.25, 0.3) is 0 Å². The molecule has 1 heterocycles. The molecule has 0 aliphatic rings. The molecule has 0 bridgehead atoms. The van der Waals surface area contributed by atoms with Gasteiger partial charge in [-0.1, -0.05) is 30.3 Å². The van der Waals surface area contributed by atoms with Crippen molar-refractivity contribution in [2.45, 2.75) is 0 Å². The van der Waals surface area contributed by atoms with Gasteiger partial charge >= 0.3 is 5.97 Å². The highest BCUT2D eigenvalue weighted by atomic mass is 16.4. The molecule has 0 atom stereocenters. The van der Waals surface area contributed by atoms with Crippen molar-refractivity contribution in [1.82, 2.24) is 0 Å². The molecule has 0 aliphatic carbocycles. The first-order valence-electron chi connectivity index (χ1n) is 6.59. The molecule has 1 N–H and O–H groups in total. The second kappa shape index (κ2) is 5.69. The van der Waals surface area contributed by atoms with Crippen LogP contribution in [0.2, 0.25) is 0 Å². The summed E-state index contributed by atoms with van der Waals surface area (Å²) in [6.07, 6.45) is 3.41. The third-order valence-electron chi connectivity index (χ3n) is 3.17. The molecular weight excluding hydrogens is 280 g/mol. The van der Waals surface area contributed by atoms with Crippen LogP contribution in [-0.2, 0) is 0 Å². The normalized spacial score (nSPS) is 11.1. The van der Waals surface area contributed by atoms with Gasteiger partial charge in [0.2, 0.25) is 0 Å². The van der Waals surface area contributed by atoms with Gasteiger partial charge in [-0.05, 0) is 29.8 Å². The third-order valence-corrected chi connectivity index (χ3v) is 3.17. The van der Waals surface area contributed by atoms with Crippen LogP contribution >= 0.6 is 0 Å². The number of carbonyl (C=O) groups is 1. The molecule has 0 spiro atoms. The summed E-state index contributed by atoms with van der Waals surface area (Å²) in [5.41, 5.74) is 1.32. The fourth-order valence-electron chi connectivity index (χ4n) is 2.05. The second-order valence-corrected chi connectivity index (χ2v) is 4.69. The Morgan fingerprint density at radius 2 is 1.91 bits per heavy atom. The molecule has 1 aromatic heterocycles. The monoisotopic (exact) mass is 291 g/mol. The van der Waals surface area contributed by atoms with Gasteiger partial charge in [-0.2, -0.15) is 0 Å². The molecule has 3 rings (SSSR count). The zero-order valence-electron chi connectivity index (χ0n) is 11.4. The number of hydrogen-bond acceptors (Lipinski definition) is 3. The second-order valence-electron chi connectivity index (χ2n) is 4.69. The van der Waals surface area contributed by atoms with E-state index in [1.165, 1.54) is 18.2 Å². The zero-order valence-corrected chi connectivity index (χ0v) is 11.4. The number of hydrogen-bond donors (Lipinski definition) is 1. The summed E-state index contributed by atoms with van der Waals surface area (Å²) in [6.45, 7) is 0. The van der Waals surface area contributed by atoms with Gasteiger partial charge < -0.3 is 9.52 Å². The van der Waals surface area contributed by atoms with Crippen molar-refractivity contribution in [2.24, 2.45) is 0 Å². The predicted molar refractivity (Wildman–Crippen MR) is 83.6 cm³/mol. The number of fused-ring (bicyclic) bond motifs is 1. The molecule has 4 heteroatoms. The number of carboxylic acid groups (broad SMARTS) is 1. The van der Waals surface area contributed by atoms with E-state index in [4.69, 9.17) is 9.52 Å². The van der Waals surface area contributed by atoms with Gasteiger partial charge in [0.15, 0.2) is 5.43 Å². The number of aromatic carboxylic acids is 1. The lowest BCUT2D eigenvalue weighted by atomic mass is 10.1. The summed E-state index contributed by atoms with van der Waals surface area (Å²) in [4.78, 5) is 22.7. The van der Waals surface area contributed by atoms with Crippen LogP contribution in [0, 0.1) is 6.07 Å². The van der Waals surface area contributed by atoms with E-state index in [9.17, 15) is 9.59 Å². The Bertz CT molecular complexity index is 918. The summed E-state index contributed by atoms with van der Waals surface area (Å²) in [5.74, 6) is -0.547. The van der Waals surface area contributed by atoms with Crippen LogP contribution in [0.4, 0.5) is 0 Å². The molecule has 0 saturated carbocycles. The maximum atomic E-state index is 12.0. The van der Waals surface area contributed by atoms with Crippen LogP contribution in [0.25, 0.3) is 23.1 Å². The molecule has 0 unspecified atom stereocenters. The lowest BCUT2D eigenvalue weighted by Gasteiger charge is -1.99. The summed E-state index contributed by atoms with van der Waals surface area (Å²) in [5, 5.41) is 9.33. The van der Waals surface area contributed by atoms with Crippen LogP contribution in [0.3, 0.4) is 0 Å². The van der Waals surface area contributed by atoms with E-state index in [1.807, 2.05) is 0 Å². The van der Waals surface area contributed by atoms with Crippen molar-refractivity contribution >= 4 is 29.1 Å². The Morgan fingerprint density at radius 1 is 1.14 bits per heavy atom. The van der Waals surface area contributed by atoms with Crippen LogP contribution in [0.5, 0.6) is 0 Å². The van der Waals surface area contributed by atoms with E-state index < -0.39 is 5.97 Å². The van der Waals surface area contributed by atoms with Gasteiger partial charge in [0.1, 0.15) is 11.3 Å². The molecule has 0 amide bonds. The first-order valence-corrected chi connectivity index (χ1v) is 6.59. The highest BCUT2D eigenvalue weighted by Gasteiger charge is 2.03. The molecule has 0 aliphatic heterocycles. The average Bonchev–Trinajstić information content (AvgIpc) is 2.53. The van der Waals surface area contributed by atoms with E-state index in [2.05, 4.69) is 6.07 Å². The maximum Gasteiger partial charge on any atom is 0.335 e. The lowest BCUT2D eigenvalue weighted by Crippen LogP contribution is -1.99. The SMILES string of the molecule is O=C(O)c1ccc(C=Cc2cc(=O)c3ccc[c]c3o2)cc1. The molecule has 0 saturated heterocycles. The standard InChI is InChI=1S/C18H11O4/c19-16-11-14(22-17-4-2-1-3-15(16)17)10-7-12-5-8-13(9-6-12)18(20)21/h1-3,5-11H,(H,20,21). The van der Waals surface area contributed by atoms with Crippen molar-refractivity contribution in [1.29, 1.82) is 0 Å². The molecule has 22 heavy (non-hydrogen) atoms. The summed E-state index contributed by atoms with van der Waals surface area (Å²) in [6, 6.07) is 15.8. The van der Waals surface area contributed by atoms with Gasteiger partial charge in [-0.25, -0.2) is 4.79 Å². The molecular formula is C18H11O4. The number of carboxylic acids is 1. The Labute approximate surface area is 125 Å². The highest BCUT2D eigenvalue weighted by molar-refractivity contribution is 5.88. The number of benzene rings is 2. The van der Waals surface area contributed by atoms with Crippen LogP contribution < -0.4 is 5.43 Å². The minimum absolute atomic E-state index is 0.126. The molecule has 0 fully saturated rings. The van der Waals surface area contributed by atoms with Gasteiger partial charge in [-0.3, -0.25) is 4.79 Å². The van der Waals surface area contributed by atoms with Gasteiger partial charge in [0.05, 0.1) is 10.9 Å². The van der Waals surface area contributed by atoms with E-state index in [1.54, 1.807) is 42.5 Å². The number of para-hydroxylation sites is 1. The fourth-order valence-corrected chi connectivity index (χ4v) is 2.05. The van der Waals surface area contributed by atoms with E-state index in [0.717, 1.165) is 5.56 Å². The van der Waals surface area contributed by atoms with Crippen LogP contribution in [0.15, 0.2) is 57.7 Å². The topological polar surface area (TPSA) is 67.5 Å². The minimum Gasteiger partial charge on any atom is -0.478 e. The van der Waals surface area contributed by atoms with Crippen molar-refractivity contribution in [3.05, 3.63) is 81.7 Å². The first kappa shape index (κ1) is 13.8. The zero-order chi connectivity index (χ0) is 15.5. The smallest absolute Gasteiger partial charge is 0.335 e. The molecule has 3 aromatic rings. The molecule has 1 radical (unpaired) electrons. The molecule has 2 aromatic carbocycles. The first-order chi connectivity index (χ1) is 10.6. The van der Waals surface area contributed by atoms with Crippen LogP contribution in [-0.4, -0.2) is 11.1 Å². The van der Waals surface area contributed by atoms with E-state index in [0.29, 0.717) is 16.7 Å². The molecule has 4 nitrogen and oxygen atoms in total. The van der Waals surface area contributed by atoms with Gasteiger partial charge in [0, 0.05) is 12.1 Å².